The van der Waals surface area contributed by atoms with Gasteiger partial charge in [-0.3, -0.25) is 0 Å². The van der Waals surface area contributed by atoms with Gasteiger partial charge in [-0.2, -0.15) is 0 Å². The summed E-state index contributed by atoms with van der Waals surface area (Å²) in [6.45, 7) is 7.69. The van der Waals surface area contributed by atoms with Crippen LogP contribution in [0.5, 0.6) is 0 Å². The molecule has 0 radical (unpaired) electrons. The summed E-state index contributed by atoms with van der Waals surface area (Å²) in [7, 11) is 0. The van der Waals surface area contributed by atoms with Gasteiger partial charge in [-0.1, -0.05) is 23.6 Å². The second-order valence-corrected chi connectivity index (χ2v) is 10.8. The van der Waals surface area contributed by atoms with Gasteiger partial charge >= 0.3 is 37.7 Å². The molecule has 23 heavy (non-hydrogen) atoms. The third kappa shape index (κ3) is 24.3. The minimum Gasteiger partial charge on any atom is -0.780 e. The van der Waals surface area contributed by atoms with E-state index >= 15 is 0 Å². The van der Waals surface area contributed by atoms with Crippen molar-refractivity contribution >= 4 is 74.8 Å². The smallest absolute Gasteiger partial charge is 0.780 e. The van der Waals surface area contributed by atoms with E-state index in [4.69, 9.17) is 18.1 Å². The minimum atomic E-state index is -3.22. The van der Waals surface area contributed by atoms with E-state index in [0.29, 0.717) is 0 Å². The van der Waals surface area contributed by atoms with E-state index in [9.17, 15) is 9.79 Å². The van der Waals surface area contributed by atoms with Gasteiger partial charge in [0.05, 0.1) is 24.4 Å². The summed E-state index contributed by atoms with van der Waals surface area (Å²) in [5, 5.41) is 0. The molecule has 136 valence electrons. The second kappa shape index (κ2) is 14.4. The van der Waals surface area contributed by atoms with Gasteiger partial charge in [0.1, 0.15) is 13.4 Å². The predicted octanol–water partition coefficient (Wildman–Crippen LogP) is 2.46. The van der Waals surface area contributed by atoms with Crippen LogP contribution in [0.3, 0.4) is 0 Å². The van der Waals surface area contributed by atoms with Gasteiger partial charge < -0.3 is 27.9 Å². The largest absolute Gasteiger partial charge is 2.00 e. The molecule has 0 atom stereocenters. The molecule has 0 aliphatic heterocycles. The number of hydrogen-bond donors (Lipinski definition) is 0. The van der Waals surface area contributed by atoms with Gasteiger partial charge in [0.25, 0.3) is 0 Å². The quantitative estimate of drug-likeness (QED) is 0.426. The summed E-state index contributed by atoms with van der Waals surface area (Å²) in [6, 6.07) is 0. The van der Waals surface area contributed by atoms with Crippen molar-refractivity contribution in [3.8, 4) is 0 Å². The van der Waals surface area contributed by atoms with Crippen molar-refractivity contribution in [2.24, 2.45) is 0 Å². The van der Waals surface area contributed by atoms with E-state index in [0.717, 1.165) is 0 Å². The van der Waals surface area contributed by atoms with E-state index in [-0.39, 0.29) is 62.2 Å². The average molecular weight is 435 g/mol. The summed E-state index contributed by atoms with van der Waals surface area (Å²) in [4.78, 5) is 22.4. The monoisotopic (exact) mass is 434 g/mol. The molecular weight excluding hydrogens is 406 g/mol. The fourth-order valence-electron chi connectivity index (χ4n) is 1.08. The van der Waals surface area contributed by atoms with Gasteiger partial charge in [-0.15, -0.1) is 0 Å². The van der Waals surface area contributed by atoms with Crippen LogP contribution in [0.25, 0.3) is 0 Å². The van der Waals surface area contributed by atoms with Crippen molar-refractivity contribution in [1.29, 1.82) is 0 Å². The van der Waals surface area contributed by atoms with Crippen LogP contribution in [0, 0.1) is 0 Å². The van der Waals surface area contributed by atoms with Crippen molar-refractivity contribution < 1.29 is 27.9 Å². The van der Waals surface area contributed by atoms with Crippen molar-refractivity contribution in [3.05, 3.63) is 0 Å². The van der Waals surface area contributed by atoms with Gasteiger partial charge in [0.15, 0.2) is 0 Å². The normalized spacial score (nSPS) is 12.4. The summed E-state index contributed by atoms with van der Waals surface area (Å²) < 4.78 is 19.6. The molecule has 0 rings (SSSR count). The van der Waals surface area contributed by atoms with Crippen LogP contribution in [0.2, 0.25) is 0 Å². The third-order valence-corrected chi connectivity index (χ3v) is 5.11. The Labute approximate surface area is 181 Å². The topological polar surface area (TPSA) is 83.0 Å². The van der Waals surface area contributed by atoms with Crippen LogP contribution < -0.4 is 9.79 Å². The molecule has 0 aliphatic rings. The van der Waals surface area contributed by atoms with Gasteiger partial charge in [-0.25, -0.2) is 0 Å². The molecule has 0 aromatic carbocycles. The Hall–Kier alpha value is 2.32. The zero-order valence-electron chi connectivity index (χ0n) is 15.2. The van der Waals surface area contributed by atoms with Gasteiger partial charge in [0.2, 0.25) is 0 Å². The maximum Gasteiger partial charge on any atom is 2.00 e. The van der Waals surface area contributed by atoms with E-state index in [1.807, 2.05) is 0 Å². The van der Waals surface area contributed by atoms with Crippen molar-refractivity contribution in [2.45, 2.75) is 79.8 Å². The SMILES string of the molecule is CC(C)OP([O-])(=S)OC(C)C.CC(C)OP([O-])(=S)OC(C)C.[Ca+2]. The van der Waals surface area contributed by atoms with E-state index in [1.54, 1.807) is 55.4 Å². The van der Waals surface area contributed by atoms with E-state index < -0.39 is 13.4 Å². The first-order valence-electron chi connectivity index (χ1n) is 7.02. The molecule has 0 aliphatic carbocycles. The van der Waals surface area contributed by atoms with Crippen LogP contribution in [0.15, 0.2) is 0 Å². The van der Waals surface area contributed by atoms with E-state index in [1.165, 1.54) is 0 Å². The van der Waals surface area contributed by atoms with Crippen molar-refractivity contribution in [1.82, 2.24) is 0 Å². The molecule has 0 amide bonds. The second-order valence-electron chi connectivity index (χ2n) is 5.51. The van der Waals surface area contributed by atoms with Gasteiger partial charge in [0, 0.05) is 0 Å². The Morgan fingerprint density at radius 1 is 0.565 bits per heavy atom. The first-order valence-corrected chi connectivity index (χ1v) is 12.1. The number of hydrogen-bond acceptors (Lipinski definition) is 8. The Morgan fingerprint density at radius 3 is 0.783 bits per heavy atom. The fourth-order valence-corrected chi connectivity index (χ4v) is 5.31. The molecule has 0 unspecified atom stereocenters. The van der Waals surface area contributed by atoms with Crippen LogP contribution in [0.4, 0.5) is 0 Å². The van der Waals surface area contributed by atoms with Crippen LogP contribution in [-0.4, -0.2) is 62.2 Å². The molecule has 0 fully saturated rings. The zero-order valence-corrected chi connectivity index (χ0v) is 20.8. The molecule has 0 aromatic heterocycles. The van der Waals surface area contributed by atoms with E-state index in [2.05, 4.69) is 23.6 Å². The van der Waals surface area contributed by atoms with Crippen molar-refractivity contribution in [2.75, 3.05) is 0 Å². The van der Waals surface area contributed by atoms with Gasteiger partial charge in [-0.05, 0) is 55.4 Å². The van der Waals surface area contributed by atoms with Crippen LogP contribution in [-0.2, 0) is 41.7 Å². The Balaban J connectivity index is -0.000000333. The molecule has 0 saturated heterocycles. The van der Waals surface area contributed by atoms with Crippen LogP contribution in [0.1, 0.15) is 55.4 Å². The Bertz CT molecular complexity index is 330. The molecule has 0 N–H and O–H groups in total. The summed E-state index contributed by atoms with van der Waals surface area (Å²) >= 11 is 9.21. The summed E-state index contributed by atoms with van der Waals surface area (Å²) in [5.74, 6) is 0. The molecule has 0 spiro atoms. The molecule has 0 heterocycles. The molecule has 6 nitrogen and oxygen atoms in total. The third-order valence-electron chi connectivity index (χ3n) is 1.36. The summed E-state index contributed by atoms with van der Waals surface area (Å²) in [5.41, 5.74) is 0. The molecule has 0 bridgehead atoms. The standard InChI is InChI=1S/2C6H15O3PS.Ca/c2*1-5(2)8-10(7,11)9-6(3)4;/h2*5-6H,1-4H3,(H,7,11);/q;;+2/p-2. The average Bonchev–Trinajstić information content (AvgIpc) is 2.06. The minimum absolute atomic E-state index is 0. The van der Waals surface area contributed by atoms with Crippen LogP contribution >= 0.6 is 13.4 Å². The van der Waals surface area contributed by atoms with Crippen molar-refractivity contribution in [3.63, 3.8) is 0 Å². The summed E-state index contributed by atoms with van der Waals surface area (Å²) in [6.07, 6.45) is -0.622. The zero-order chi connectivity index (χ0) is 18.1. The molecule has 0 aromatic rings. The maximum absolute atomic E-state index is 11.2. The Kier molecular flexibility index (Phi) is 18.8. The first kappa shape index (κ1) is 30.1. The predicted molar refractivity (Wildman–Crippen MR) is 99.2 cm³/mol. The Morgan fingerprint density at radius 2 is 0.696 bits per heavy atom. The molecular formula is C12H28CaO6P2S2. The fraction of sp³-hybridized carbons (Fsp3) is 1.00. The molecule has 0 saturated carbocycles. The number of rotatable bonds is 8. The first-order chi connectivity index (χ1) is 9.67. The maximum atomic E-state index is 11.2. The molecule has 11 heteroatoms.